The first kappa shape index (κ1) is 22.7. The second-order valence-corrected chi connectivity index (χ2v) is 9.81. The maximum Gasteiger partial charge on any atom is -0.00108 e. The van der Waals surface area contributed by atoms with E-state index in [9.17, 15) is 0 Å². The average molecular weight is 469 g/mol. The number of nitrogens with two attached hydrogens (primary N) is 2. The quantitative estimate of drug-likeness (QED) is 0.307. The monoisotopic (exact) mass is 468 g/mol. The summed E-state index contributed by atoms with van der Waals surface area (Å²) in [6, 6.07) is 35.6. The average Bonchev–Trinajstić information content (AvgIpc) is 3.48. The Bertz CT molecular complexity index is 1360. The number of hydrogen-bond acceptors (Lipinski definition) is 2. The van der Waals surface area contributed by atoms with Crippen molar-refractivity contribution in [2.75, 3.05) is 13.1 Å². The second-order valence-electron chi connectivity index (χ2n) is 9.81. The van der Waals surface area contributed by atoms with E-state index in [0.717, 1.165) is 25.7 Å². The minimum absolute atomic E-state index is 0.673. The number of rotatable bonds is 7. The van der Waals surface area contributed by atoms with Crippen LogP contribution in [0.4, 0.5) is 0 Å². The van der Waals surface area contributed by atoms with Gasteiger partial charge in [-0.15, -0.1) is 0 Å². The molecule has 0 fully saturated rings. The van der Waals surface area contributed by atoms with Crippen LogP contribution in [0.1, 0.15) is 46.2 Å². The molecule has 0 heterocycles. The summed E-state index contributed by atoms with van der Waals surface area (Å²) in [5.74, 6) is 0. The van der Waals surface area contributed by atoms with Crippen LogP contribution in [-0.4, -0.2) is 13.1 Å². The highest BCUT2D eigenvalue weighted by atomic mass is 14.5. The molecule has 4 aromatic rings. The van der Waals surface area contributed by atoms with Gasteiger partial charge in [-0.2, -0.15) is 0 Å². The van der Waals surface area contributed by atoms with Crippen LogP contribution >= 0.6 is 0 Å². The lowest BCUT2D eigenvalue weighted by molar-refractivity contribution is 1.02. The maximum absolute atomic E-state index is 5.97. The van der Waals surface area contributed by atoms with Crippen molar-refractivity contribution in [3.63, 3.8) is 0 Å². The summed E-state index contributed by atoms with van der Waals surface area (Å²) >= 11 is 0. The summed E-state index contributed by atoms with van der Waals surface area (Å²) in [7, 11) is 0. The van der Waals surface area contributed by atoms with Gasteiger partial charge in [-0.1, -0.05) is 97.1 Å². The van der Waals surface area contributed by atoms with Gasteiger partial charge in [0.1, 0.15) is 0 Å². The fraction of sp³-hybridized carbons (Fsp3) is 0.176. The van der Waals surface area contributed by atoms with Gasteiger partial charge in [-0.3, -0.25) is 0 Å². The molecule has 4 N–H and O–H groups in total. The first-order valence-corrected chi connectivity index (χ1v) is 13.0. The Labute approximate surface area is 214 Å². The van der Waals surface area contributed by atoms with Crippen LogP contribution in [0.15, 0.2) is 97.1 Å². The SMILES string of the molecule is NCCC1=C(c2ccc(-c3ccc(C4=C(CCN)c5ccccc5C4)cc3)cc2)Cc2ccccc21. The third-order valence-corrected chi connectivity index (χ3v) is 7.74. The number of allylic oxidation sites excluding steroid dienone is 2. The van der Waals surface area contributed by atoms with Gasteiger partial charge in [0.05, 0.1) is 0 Å². The molecule has 2 heteroatoms. The second kappa shape index (κ2) is 9.73. The van der Waals surface area contributed by atoms with Crippen molar-refractivity contribution in [3.8, 4) is 11.1 Å². The molecular formula is C34H32N2. The lowest BCUT2D eigenvalue weighted by Crippen LogP contribution is -2.00. The first-order chi connectivity index (χ1) is 17.8. The van der Waals surface area contributed by atoms with Crippen molar-refractivity contribution in [2.24, 2.45) is 11.5 Å². The smallest absolute Gasteiger partial charge is 0.00108 e. The molecule has 2 nitrogen and oxygen atoms in total. The van der Waals surface area contributed by atoms with Crippen molar-refractivity contribution < 1.29 is 0 Å². The van der Waals surface area contributed by atoms with Crippen molar-refractivity contribution in [3.05, 3.63) is 130 Å². The van der Waals surface area contributed by atoms with E-state index in [2.05, 4.69) is 97.1 Å². The third kappa shape index (κ3) is 4.03. The first-order valence-electron chi connectivity index (χ1n) is 13.0. The Morgan fingerprint density at radius 1 is 0.444 bits per heavy atom. The lowest BCUT2D eigenvalue weighted by Gasteiger charge is -2.11. The van der Waals surface area contributed by atoms with Crippen molar-refractivity contribution >= 4 is 22.3 Å². The molecule has 0 unspecified atom stereocenters. The van der Waals surface area contributed by atoms with E-state index in [1.54, 1.807) is 0 Å². The number of fused-ring (bicyclic) bond motifs is 2. The summed E-state index contributed by atoms with van der Waals surface area (Å²) in [6.45, 7) is 1.35. The molecule has 178 valence electrons. The van der Waals surface area contributed by atoms with Gasteiger partial charge in [0.2, 0.25) is 0 Å². The van der Waals surface area contributed by atoms with Gasteiger partial charge >= 0.3 is 0 Å². The Balaban J connectivity index is 1.27. The Morgan fingerprint density at radius 2 is 0.806 bits per heavy atom. The predicted molar refractivity (Wildman–Crippen MR) is 153 cm³/mol. The molecular weight excluding hydrogens is 436 g/mol. The lowest BCUT2D eigenvalue weighted by atomic mass is 9.94. The Hall–Kier alpha value is -3.72. The molecule has 0 aromatic heterocycles. The fourth-order valence-electron chi connectivity index (χ4n) is 6.00. The zero-order valence-electron chi connectivity index (χ0n) is 20.6. The van der Waals surface area contributed by atoms with E-state index in [4.69, 9.17) is 11.5 Å². The van der Waals surface area contributed by atoms with E-state index in [1.165, 1.54) is 66.8 Å². The van der Waals surface area contributed by atoms with Gasteiger partial charge in [-0.05, 0) is 106 Å². The molecule has 0 spiro atoms. The molecule has 0 aliphatic heterocycles. The zero-order chi connectivity index (χ0) is 24.5. The maximum atomic E-state index is 5.97. The number of hydrogen-bond donors (Lipinski definition) is 2. The van der Waals surface area contributed by atoms with E-state index in [-0.39, 0.29) is 0 Å². The largest absolute Gasteiger partial charge is 0.330 e. The highest BCUT2D eigenvalue weighted by Crippen LogP contribution is 2.42. The van der Waals surface area contributed by atoms with Gasteiger partial charge in [0.15, 0.2) is 0 Å². The molecule has 2 aliphatic rings. The van der Waals surface area contributed by atoms with Gasteiger partial charge in [0.25, 0.3) is 0 Å². The molecule has 0 saturated carbocycles. The molecule has 0 bridgehead atoms. The van der Waals surface area contributed by atoms with Crippen LogP contribution in [0.2, 0.25) is 0 Å². The normalized spacial score (nSPS) is 14.4. The van der Waals surface area contributed by atoms with E-state index >= 15 is 0 Å². The van der Waals surface area contributed by atoms with Gasteiger partial charge in [-0.25, -0.2) is 0 Å². The van der Waals surface area contributed by atoms with Crippen molar-refractivity contribution in [2.45, 2.75) is 25.7 Å². The summed E-state index contributed by atoms with van der Waals surface area (Å²) in [5.41, 5.74) is 28.2. The van der Waals surface area contributed by atoms with Crippen LogP contribution in [0.3, 0.4) is 0 Å². The molecule has 0 saturated heterocycles. The van der Waals surface area contributed by atoms with Crippen molar-refractivity contribution in [1.82, 2.24) is 0 Å². The van der Waals surface area contributed by atoms with Crippen LogP contribution in [0.25, 0.3) is 33.4 Å². The van der Waals surface area contributed by atoms with Gasteiger partial charge < -0.3 is 11.5 Å². The molecule has 0 atom stereocenters. The minimum atomic E-state index is 0.673. The van der Waals surface area contributed by atoms with Gasteiger partial charge in [0, 0.05) is 0 Å². The predicted octanol–water partition coefficient (Wildman–Crippen LogP) is 6.99. The molecule has 6 rings (SSSR count). The van der Waals surface area contributed by atoms with Crippen LogP contribution in [0.5, 0.6) is 0 Å². The Morgan fingerprint density at radius 3 is 1.19 bits per heavy atom. The summed E-state index contributed by atoms with van der Waals surface area (Å²) in [6.07, 6.45) is 3.81. The molecule has 2 aliphatic carbocycles. The van der Waals surface area contributed by atoms with Crippen LogP contribution in [0, 0.1) is 0 Å². The highest BCUT2D eigenvalue weighted by molar-refractivity contribution is 5.98. The topological polar surface area (TPSA) is 52.0 Å². The van der Waals surface area contributed by atoms with Crippen molar-refractivity contribution in [1.29, 1.82) is 0 Å². The van der Waals surface area contributed by atoms with E-state index < -0.39 is 0 Å². The summed E-state index contributed by atoms with van der Waals surface area (Å²) < 4.78 is 0. The highest BCUT2D eigenvalue weighted by Gasteiger charge is 2.23. The summed E-state index contributed by atoms with van der Waals surface area (Å²) in [4.78, 5) is 0. The fourth-order valence-corrected chi connectivity index (χ4v) is 6.00. The number of benzene rings is 4. The zero-order valence-corrected chi connectivity index (χ0v) is 20.6. The molecule has 36 heavy (non-hydrogen) atoms. The Kier molecular flexibility index (Phi) is 6.14. The van der Waals surface area contributed by atoms with Crippen LogP contribution in [-0.2, 0) is 12.8 Å². The van der Waals surface area contributed by atoms with E-state index in [0.29, 0.717) is 13.1 Å². The summed E-state index contributed by atoms with van der Waals surface area (Å²) in [5, 5.41) is 0. The minimum Gasteiger partial charge on any atom is -0.330 e. The van der Waals surface area contributed by atoms with E-state index in [1.807, 2.05) is 0 Å². The molecule has 0 radical (unpaired) electrons. The molecule has 4 aromatic carbocycles. The standard InChI is InChI=1S/C34H32N2/c35-19-17-31-29-7-3-1-5-27(29)21-33(31)25-13-9-23(10-14-25)24-11-15-26(16-12-24)34-22-28-6-2-4-8-30(28)32(34)18-20-36/h1-16H,17-22,35-36H2. The van der Waals surface area contributed by atoms with Crippen LogP contribution < -0.4 is 11.5 Å². The third-order valence-electron chi connectivity index (χ3n) is 7.74. The molecule has 0 amide bonds.